The van der Waals surface area contributed by atoms with Gasteiger partial charge >= 0.3 is 0 Å². The molecule has 0 spiro atoms. The summed E-state index contributed by atoms with van der Waals surface area (Å²) >= 11 is 0. The number of carbonyl (C=O) groups is 2. The summed E-state index contributed by atoms with van der Waals surface area (Å²) in [5.41, 5.74) is 0.561. The molecule has 0 saturated carbocycles. The molecule has 158 valence electrons. The molecule has 0 aliphatic heterocycles. The van der Waals surface area contributed by atoms with Crippen LogP contribution >= 0.6 is 0 Å². The van der Waals surface area contributed by atoms with E-state index in [-0.39, 0.29) is 30.6 Å². The van der Waals surface area contributed by atoms with E-state index >= 15 is 0 Å². The maximum Gasteiger partial charge on any atom is 0.273 e. The number of aromatic nitrogens is 1. The first kappa shape index (κ1) is 21.0. The molecular formula is C21H23N3O6. The van der Waals surface area contributed by atoms with Gasteiger partial charge in [-0.15, -0.1) is 0 Å². The molecule has 0 saturated heterocycles. The summed E-state index contributed by atoms with van der Waals surface area (Å²) in [5.74, 6) is 1.33. The molecule has 30 heavy (non-hydrogen) atoms. The first-order chi connectivity index (χ1) is 14.5. The van der Waals surface area contributed by atoms with Crippen LogP contribution in [-0.4, -0.2) is 42.6 Å². The number of benzene rings is 1. The molecule has 9 heteroatoms. The molecule has 2 amide bonds. The lowest BCUT2D eigenvalue weighted by atomic mass is 10.1. The molecule has 2 aromatic heterocycles. The fraction of sp³-hybridized carbons (Fsp3) is 0.286. The molecule has 3 rings (SSSR count). The van der Waals surface area contributed by atoms with E-state index in [1.54, 1.807) is 30.3 Å². The predicted octanol–water partition coefficient (Wildman–Crippen LogP) is 2.88. The van der Waals surface area contributed by atoms with Crippen molar-refractivity contribution < 1.29 is 28.0 Å². The van der Waals surface area contributed by atoms with Crippen molar-refractivity contribution in [2.45, 2.75) is 20.0 Å². The number of hydrogen-bond donors (Lipinski definition) is 1. The molecule has 1 aromatic carbocycles. The number of carbonyl (C=O) groups excluding carboxylic acids is 2. The van der Waals surface area contributed by atoms with Gasteiger partial charge in [-0.25, -0.2) is 0 Å². The predicted molar refractivity (Wildman–Crippen MR) is 106 cm³/mol. The van der Waals surface area contributed by atoms with E-state index in [0.717, 1.165) is 0 Å². The molecule has 0 bridgehead atoms. The maximum absolute atomic E-state index is 13.2. The molecular weight excluding hydrogens is 390 g/mol. The summed E-state index contributed by atoms with van der Waals surface area (Å²) in [5, 5.41) is 6.44. The zero-order valence-electron chi connectivity index (χ0n) is 17.0. The number of hydrogen-bond acceptors (Lipinski definition) is 7. The molecule has 2 heterocycles. The third-order valence-corrected chi connectivity index (χ3v) is 4.32. The zero-order valence-corrected chi connectivity index (χ0v) is 17.0. The normalized spacial score (nSPS) is 10.5. The third-order valence-electron chi connectivity index (χ3n) is 4.32. The maximum atomic E-state index is 13.2. The van der Waals surface area contributed by atoms with Gasteiger partial charge in [0.25, 0.3) is 11.8 Å². The van der Waals surface area contributed by atoms with Crippen LogP contribution in [0.15, 0.2) is 51.6 Å². The van der Waals surface area contributed by atoms with E-state index in [1.807, 2.05) is 6.92 Å². The smallest absolute Gasteiger partial charge is 0.273 e. The van der Waals surface area contributed by atoms with Gasteiger partial charge in [-0.05, 0) is 37.3 Å². The number of nitrogens with one attached hydrogen (secondary N) is 1. The van der Waals surface area contributed by atoms with E-state index in [2.05, 4.69) is 10.5 Å². The van der Waals surface area contributed by atoms with Crippen LogP contribution < -0.4 is 14.8 Å². The van der Waals surface area contributed by atoms with Crippen molar-refractivity contribution in [2.75, 3.05) is 20.8 Å². The van der Waals surface area contributed by atoms with Crippen molar-refractivity contribution in [2.24, 2.45) is 0 Å². The molecule has 9 nitrogen and oxygen atoms in total. The van der Waals surface area contributed by atoms with E-state index in [9.17, 15) is 9.59 Å². The Labute approximate surface area is 173 Å². The van der Waals surface area contributed by atoms with Crippen LogP contribution in [0.1, 0.15) is 39.3 Å². The molecule has 1 N–H and O–H groups in total. The first-order valence-electron chi connectivity index (χ1n) is 9.33. The van der Waals surface area contributed by atoms with E-state index in [0.29, 0.717) is 35.1 Å². The van der Waals surface area contributed by atoms with Gasteiger partial charge < -0.3 is 28.6 Å². The second kappa shape index (κ2) is 9.64. The highest BCUT2D eigenvalue weighted by Gasteiger charge is 2.22. The van der Waals surface area contributed by atoms with Gasteiger partial charge in [0.1, 0.15) is 5.76 Å². The fourth-order valence-corrected chi connectivity index (χ4v) is 2.88. The zero-order chi connectivity index (χ0) is 21.5. The Bertz CT molecular complexity index is 996. The highest BCUT2D eigenvalue weighted by atomic mass is 16.5. The molecule has 0 aliphatic carbocycles. The Morgan fingerprint density at radius 1 is 1.07 bits per heavy atom. The summed E-state index contributed by atoms with van der Waals surface area (Å²) in [7, 11) is 3.03. The summed E-state index contributed by atoms with van der Waals surface area (Å²) < 4.78 is 21.2. The Balaban J connectivity index is 1.85. The Morgan fingerprint density at radius 3 is 2.50 bits per heavy atom. The lowest BCUT2D eigenvalue weighted by Crippen LogP contribution is -2.30. The Hall–Kier alpha value is -3.75. The second-order valence-corrected chi connectivity index (χ2v) is 6.35. The fourth-order valence-electron chi connectivity index (χ4n) is 2.88. The summed E-state index contributed by atoms with van der Waals surface area (Å²) in [6, 6.07) is 9.96. The van der Waals surface area contributed by atoms with Gasteiger partial charge in [-0.3, -0.25) is 9.59 Å². The van der Waals surface area contributed by atoms with Crippen LogP contribution in [0.25, 0.3) is 0 Å². The lowest BCUT2D eigenvalue weighted by molar-refractivity contribution is 0.0699. The van der Waals surface area contributed by atoms with Gasteiger partial charge in [0.05, 0.1) is 33.6 Å². The monoisotopic (exact) mass is 413 g/mol. The number of rotatable bonds is 9. The van der Waals surface area contributed by atoms with Crippen LogP contribution in [0, 0.1) is 0 Å². The Morgan fingerprint density at radius 2 is 1.83 bits per heavy atom. The number of furan rings is 1. The number of nitrogens with zero attached hydrogens (tertiary/aromatic N) is 2. The minimum absolute atomic E-state index is 0.0975. The molecule has 0 radical (unpaired) electrons. The van der Waals surface area contributed by atoms with Gasteiger partial charge in [0.15, 0.2) is 23.0 Å². The number of methoxy groups -OCH3 is 2. The van der Waals surface area contributed by atoms with Crippen molar-refractivity contribution in [1.82, 2.24) is 15.4 Å². The largest absolute Gasteiger partial charge is 0.493 e. The molecule has 0 unspecified atom stereocenters. The van der Waals surface area contributed by atoms with Crippen LogP contribution in [-0.2, 0) is 13.1 Å². The minimum atomic E-state index is -0.337. The van der Waals surface area contributed by atoms with Crippen molar-refractivity contribution in [1.29, 1.82) is 0 Å². The van der Waals surface area contributed by atoms with E-state index in [4.69, 9.17) is 18.4 Å². The van der Waals surface area contributed by atoms with Gasteiger partial charge in [-0.1, -0.05) is 5.16 Å². The van der Waals surface area contributed by atoms with Gasteiger partial charge in [0.2, 0.25) is 0 Å². The van der Waals surface area contributed by atoms with Crippen molar-refractivity contribution in [3.8, 4) is 11.5 Å². The number of ether oxygens (including phenoxy) is 2. The summed E-state index contributed by atoms with van der Waals surface area (Å²) in [4.78, 5) is 26.7. The lowest BCUT2D eigenvalue weighted by Gasteiger charge is -2.21. The topological polar surface area (TPSA) is 107 Å². The van der Waals surface area contributed by atoms with Crippen molar-refractivity contribution in [3.63, 3.8) is 0 Å². The Kier molecular flexibility index (Phi) is 6.74. The van der Waals surface area contributed by atoms with Crippen LogP contribution in [0.4, 0.5) is 0 Å². The SMILES string of the molecule is CCNC(=O)c1cc(CN(Cc2ccco2)C(=O)c2ccc(OC)c(OC)c2)on1. The molecule has 0 fully saturated rings. The van der Waals surface area contributed by atoms with E-state index < -0.39 is 0 Å². The average Bonchev–Trinajstić information content (AvgIpc) is 3.44. The van der Waals surface area contributed by atoms with Crippen LogP contribution in [0.3, 0.4) is 0 Å². The molecule has 0 atom stereocenters. The average molecular weight is 413 g/mol. The highest BCUT2D eigenvalue weighted by molar-refractivity contribution is 5.95. The highest BCUT2D eigenvalue weighted by Crippen LogP contribution is 2.28. The van der Waals surface area contributed by atoms with Crippen molar-refractivity contribution >= 4 is 11.8 Å². The van der Waals surface area contributed by atoms with Crippen LogP contribution in [0.5, 0.6) is 11.5 Å². The molecule has 3 aromatic rings. The van der Waals surface area contributed by atoms with E-state index in [1.165, 1.54) is 31.4 Å². The standard InChI is InChI=1S/C21H23N3O6/c1-4-22-20(25)17-11-16(30-23-17)13-24(12-15-6-5-9-29-15)21(26)14-7-8-18(27-2)19(10-14)28-3/h5-11H,4,12-13H2,1-3H3,(H,22,25). The molecule has 0 aliphatic rings. The van der Waals surface area contributed by atoms with Crippen LogP contribution in [0.2, 0.25) is 0 Å². The minimum Gasteiger partial charge on any atom is -0.493 e. The quantitative estimate of drug-likeness (QED) is 0.575. The van der Waals surface area contributed by atoms with Crippen molar-refractivity contribution in [3.05, 3.63) is 65.4 Å². The third kappa shape index (κ3) is 4.80. The number of amides is 2. The van der Waals surface area contributed by atoms with Gasteiger partial charge in [0, 0.05) is 18.2 Å². The first-order valence-corrected chi connectivity index (χ1v) is 9.33. The van der Waals surface area contributed by atoms with Gasteiger partial charge in [-0.2, -0.15) is 0 Å². The summed E-state index contributed by atoms with van der Waals surface area (Å²) in [6.07, 6.45) is 1.54. The summed E-state index contributed by atoms with van der Waals surface area (Å²) in [6.45, 7) is 2.59. The second-order valence-electron chi connectivity index (χ2n) is 6.35.